The summed E-state index contributed by atoms with van der Waals surface area (Å²) in [5.74, 6) is -5.31. The van der Waals surface area contributed by atoms with Gasteiger partial charge in [0, 0.05) is 41.1 Å². The Morgan fingerprint density at radius 2 is 1.03 bits per heavy atom. The largest absolute Gasteiger partial charge is 0.459 e. The number of likely N-dealkylation sites (tertiary alicyclic amines) is 2. The van der Waals surface area contributed by atoms with Gasteiger partial charge in [0.2, 0.25) is 23.6 Å². The zero-order valence-corrected chi connectivity index (χ0v) is 36.6. The molecule has 3 N–H and O–H groups in total. The number of amides is 4. The monoisotopic (exact) mass is 853 g/mol. The summed E-state index contributed by atoms with van der Waals surface area (Å²) in [5.41, 5.74) is 3.04. The molecular weight excluding hydrogens is 799 g/mol. The lowest BCUT2D eigenvalue weighted by atomic mass is 9.96. The second kappa shape index (κ2) is 18.3. The third-order valence-corrected chi connectivity index (χ3v) is 11.1. The number of aromatic nitrogens is 1. The molecule has 0 unspecified atom stereocenters. The van der Waals surface area contributed by atoms with E-state index in [9.17, 15) is 28.8 Å². The lowest BCUT2D eigenvalue weighted by molar-refractivity contribution is -0.163. The number of hydrogen-bond donors (Lipinski definition) is 3. The number of hydrogen-bond acceptors (Lipinski definition) is 8. The summed E-state index contributed by atoms with van der Waals surface area (Å²) in [6, 6.07) is 30.9. The number of H-pyrrole nitrogens is 1. The van der Waals surface area contributed by atoms with Gasteiger partial charge in [0.25, 0.3) is 0 Å². The van der Waals surface area contributed by atoms with Gasteiger partial charge in [-0.25, -0.2) is 0 Å². The van der Waals surface area contributed by atoms with Crippen LogP contribution in [0.1, 0.15) is 90.2 Å². The number of rotatable bonds is 11. The SMILES string of the molecule is CC(C)(C)OC(=O)[C@H](C(=O)N1CCC[C@H]1C(=O)Nc1ccc(-c2cc3cc(NC(=O)[C@@H]4CCCN4C(=O)[C@@H](C(=O)OC(C)(C)C)c4ccccc4)ccc3[nH]2)cc1)c1ccccc1. The Balaban J connectivity index is 1.00. The summed E-state index contributed by atoms with van der Waals surface area (Å²) in [5, 5.41) is 6.80. The summed E-state index contributed by atoms with van der Waals surface area (Å²) in [6.45, 7) is 11.2. The summed E-state index contributed by atoms with van der Waals surface area (Å²) < 4.78 is 11.3. The van der Waals surface area contributed by atoms with Crippen LogP contribution < -0.4 is 10.6 Å². The molecule has 0 saturated carbocycles. The van der Waals surface area contributed by atoms with Crippen molar-refractivity contribution in [1.82, 2.24) is 14.8 Å². The van der Waals surface area contributed by atoms with Crippen molar-refractivity contribution in [1.29, 1.82) is 0 Å². The fourth-order valence-electron chi connectivity index (χ4n) is 8.26. The zero-order valence-electron chi connectivity index (χ0n) is 36.6. The summed E-state index contributed by atoms with van der Waals surface area (Å²) >= 11 is 0. The van der Waals surface area contributed by atoms with Crippen LogP contribution >= 0.6 is 0 Å². The standard InChI is InChI=1S/C50H55N5O8/c1-49(2,3)62-47(60)41(32-15-9-7-10-16-32)45(58)54-27-13-19-39(54)43(56)51-35-23-21-31(22-24-35)38-30-34-29-36(25-26-37(34)53-38)52-44(57)40-20-14-28-55(40)46(59)42(33-17-11-8-12-18-33)48(61)63-50(4,5)6/h7-12,15-18,21-26,29-30,39-42,53H,13-14,19-20,27-28H2,1-6H3,(H,51,56)(H,52,57)/t39-,40-,41-,42-/m0/s1. The van der Waals surface area contributed by atoms with Gasteiger partial charge >= 0.3 is 11.9 Å². The van der Waals surface area contributed by atoms with Gasteiger partial charge in [0.05, 0.1) is 0 Å². The van der Waals surface area contributed by atoms with E-state index in [2.05, 4.69) is 15.6 Å². The van der Waals surface area contributed by atoms with E-state index in [0.29, 0.717) is 61.3 Å². The predicted octanol–water partition coefficient (Wildman–Crippen LogP) is 7.94. The Morgan fingerprint density at radius 1 is 0.587 bits per heavy atom. The molecule has 328 valence electrons. The van der Waals surface area contributed by atoms with E-state index in [1.165, 1.54) is 9.80 Å². The van der Waals surface area contributed by atoms with Gasteiger partial charge in [-0.1, -0.05) is 72.8 Å². The molecule has 0 radical (unpaired) electrons. The van der Waals surface area contributed by atoms with Crippen LogP contribution in [0.4, 0.5) is 11.4 Å². The molecule has 0 bridgehead atoms. The Bertz CT molecular complexity index is 2490. The molecule has 13 heteroatoms. The molecular formula is C50H55N5O8. The van der Waals surface area contributed by atoms with E-state index in [1.54, 1.807) is 108 Å². The van der Waals surface area contributed by atoms with Gasteiger partial charge in [-0.15, -0.1) is 0 Å². The minimum absolute atomic E-state index is 0.339. The van der Waals surface area contributed by atoms with E-state index >= 15 is 0 Å². The second-order valence-electron chi connectivity index (χ2n) is 18.2. The highest BCUT2D eigenvalue weighted by atomic mass is 16.6. The van der Waals surface area contributed by atoms with Crippen molar-refractivity contribution in [3.63, 3.8) is 0 Å². The zero-order chi connectivity index (χ0) is 45.1. The molecule has 7 rings (SSSR count). The minimum Gasteiger partial charge on any atom is -0.459 e. The van der Waals surface area contributed by atoms with Crippen LogP contribution in [0.15, 0.2) is 109 Å². The first-order valence-corrected chi connectivity index (χ1v) is 21.5. The molecule has 4 aromatic carbocycles. The fraction of sp³-hybridized carbons (Fsp3) is 0.360. The van der Waals surface area contributed by atoms with E-state index < -0.39 is 58.9 Å². The average Bonchev–Trinajstić information content (AvgIpc) is 4.01. The molecule has 1 aromatic heterocycles. The number of fused-ring (bicyclic) bond motifs is 1. The number of ether oxygens (including phenoxy) is 2. The van der Waals surface area contributed by atoms with Gasteiger partial charge in [0.1, 0.15) is 23.3 Å². The number of carbonyl (C=O) groups is 6. The predicted molar refractivity (Wildman–Crippen MR) is 241 cm³/mol. The molecule has 5 aromatic rings. The van der Waals surface area contributed by atoms with Crippen molar-refractivity contribution >= 4 is 57.8 Å². The number of esters is 2. The van der Waals surface area contributed by atoms with Crippen molar-refractivity contribution in [3.8, 4) is 11.3 Å². The Hall–Kier alpha value is -6.76. The van der Waals surface area contributed by atoms with Crippen molar-refractivity contribution in [2.24, 2.45) is 0 Å². The first kappa shape index (κ1) is 44.3. The van der Waals surface area contributed by atoms with E-state index in [-0.39, 0.29) is 11.8 Å². The van der Waals surface area contributed by atoms with Gasteiger partial charge in [0.15, 0.2) is 11.8 Å². The molecule has 2 aliphatic rings. The fourth-order valence-corrected chi connectivity index (χ4v) is 8.26. The summed E-state index contributed by atoms with van der Waals surface area (Å²) in [6.07, 6.45) is 2.16. The highest BCUT2D eigenvalue weighted by Gasteiger charge is 2.43. The summed E-state index contributed by atoms with van der Waals surface area (Å²) in [7, 11) is 0. The van der Waals surface area contributed by atoms with Gasteiger partial charge in [-0.3, -0.25) is 28.8 Å². The third kappa shape index (κ3) is 10.5. The lowest BCUT2D eigenvalue weighted by Crippen LogP contribution is -2.47. The molecule has 4 atom stereocenters. The lowest BCUT2D eigenvalue weighted by Gasteiger charge is -2.29. The number of nitrogens with one attached hydrogen (secondary N) is 3. The van der Waals surface area contributed by atoms with E-state index in [1.807, 2.05) is 42.5 Å². The number of anilines is 2. The number of benzene rings is 4. The van der Waals surface area contributed by atoms with Gasteiger partial charge < -0.3 is 34.9 Å². The van der Waals surface area contributed by atoms with Crippen molar-refractivity contribution in [3.05, 3.63) is 120 Å². The van der Waals surface area contributed by atoms with Crippen LogP contribution in [-0.4, -0.2) is 86.7 Å². The van der Waals surface area contributed by atoms with Crippen LogP contribution in [0.25, 0.3) is 22.2 Å². The van der Waals surface area contributed by atoms with Crippen LogP contribution in [-0.2, 0) is 38.2 Å². The minimum atomic E-state index is -1.20. The maximum absolute atomic E-state index is 14.0. The Labute approximate surface area is 367 Å². The molecule has 4 amide bonds. The van der Waals surface area contributed by atoms with Gasteiger partial charge in [-0.05, 0) is 120 Å². The molecule has 2 saturated heterocycles. The van der Waals surface area contributed by atoms with E-state index in [0.717, 1.165) is 22.2 Å². The summed E-state index contributed by atoms with van der Waals surface area (Å²) in [4.78, 5) is 88.6. The highest BCUT2D eigenvalue weighted by Crippen LogP contribution is 2.32. The van der Waals surface area contributed by atoms with Gasteiger partial charge in [-0.2, -0.15) is 0 Å². The second-order valence-corrected chi connectivity index (χ2v) is 18.2. The number of nitrogens with zero attached hydrogens (tertiary/aromatic N) is 2. The maximum atomic E-state index is 14.0. The molecule has 0 spiro atoms. The molecule has 2 aliphatic heterocycles. The maximum Gasteiger partial charge on any atom is 0.323 e. The molecule has 63 heavy (non-hydrogen) atoms. The highest BCUT2D eigenvalue weighted by molar-refractivity contribution is 6.07. The molecule has 2 fully saturated rings. The molecule has 3 heterocycles. The number of carbonyl (C=O) groups excluding carboxylic acids is 6. The first-order chi connectivity index (χ1) is 30.0. The normalized spacial score (nSPS) is 17.5. The van der Waals surface area contributed by atoms with Crippen molar-refractivity contribution in [2.45, 2.75) is 102 Å². The third-order valence-electron chi connectivity index (χ3n) is 11.1. The number of aromatic amines is 1. The molecule has 0 aliphatic carbocycles. The quantitative estimate of drug-likeness (QED) is 0.0890. The van der Waals surface area contributed by atoms with Crippen LogP contribution in [0.2, 0.25) is 0 Å². The molecule has 13 nitrogen and oxygen atoms in total. The Morgan fingerprint density at radius 3 is 1.49 bits per heavy atom. The average molecular weight is 854 g/mol. The van der Waals surface area contributed by atoms with Crippen molar-refractivity contribution in [2.75, 3.05) is 23.7 Å². The van der Waals surface area contributed by atoms with Crippen LogP contribution in [0.3, 0.4) is 0 Å². The Kier molecular flexibility index (Phi) is 12.9. The first-order valence-electron chi connectivity index (χ1n) is 21.5. The van der Waals surface area contributed by atoms with Crippen LogP contribution in [0, 0.1) is 0 Å². The van der Waals surface area contributed by atoms with E-state index in [4.69, 9.17) is 9.47 Å². The van der Waals surface area contributed by atoms with Crippen LogP contribution in [0.5, 0.6) is 0 Å². The topological polar surface area (TPSA) is 167 Å². The smallest absolute Gasteiger partial charge is 0.323 e. The van der Waals surface area contributed by atoms with Crippen molar-refractivity contribution < 1.29 is 38.2 Å².